The molecule has 0 saturated carbocycles. The van der Waals surface area contributed by atoms with E-state index < -0.39 is 11.9 Å². The van der Waals surface area contributed by atoms with Crippen molar-refractivity contribution in [1.29, 1.82) is 0 Å². The second-order valence-corrected chi connectivity index (χ2v) is 6.77. The summed E-state index contributed by atoms with van der Waals surface area (Å²) in [5.41, 5.74) is 0. The average Bonchev–Trinajstić information content (AvgIpc) is 2.50. The minimum atomic E-state index is -0.966. The second kappa shape index (κ2) is 15.9. The Labute approximate surface area is 143 Å². The Morgan fingerprint density at radius 1 is 0.739 bits per heavy atom. The fourth-order valence-corrected chi connectivity index (χ4v) is 2.98. The number of carboxylic acid groups (broad SMARTS) is 1. The van der Waals surface area contributed by atoms with Crippen LogP contribution in [0.25, 0.3) is 0 Å². The van der Waals surface area contributed by atoms with Crippen molar-refractivity contribution in [2.24, 2.45) is 5.92 Å². The van der Waals surface area contributed by atoms with Gasteiger partial charge in [0.15, 0.2) is 0 Å². The number of hydrogen-bond donors (Lipinski definition) is 2. The van der Waals surface area contributed by atoms with Crippen molar-refractivity contribution in [3.05, 3.63) is 12.3 Å². The molecule has 0 saturated heterocycles. The molecule has 1 atom stereocenters. The van der Waals surface area contributed by atoms with Crippen LogP contribution in [0.5, 0.6) is 0 Å². The second-order valence-electron chi connectivity index (χ2n) is 6.77. The molecule has 0 aromatic rings. The molecule has 0 bridgehead atoms. The van der Waals surface area contributed by atoms with E-state index in [0.717, 1.165) is 12.8 Å². The van der Waals surface area contributed by atoms with Gasteiger partial charge in [0.25, 0.3) is 0 Å². The average molecular weight is 327 g/mol. The molecular formula is C20H38O3. The molecule has 0 aromatic heterocycles. The SMILES string of the molecule is C=C(O)C(CCCCCCCCCCCCCCCC)C(=O)O. The normalized spacial score (nSPS) is 12.2. The molecule has 0 amide bonds. The summed E-state index contributed by atoms with van der Waals surface area (Å²) in [6, 6.07) is 0. The largest absolute Gasteiger partial charge is 0.512 e. The Morgan fingerprint density at radius 2 is 1.09 bits per heavy atom. The number of rotatable bonds is 17. The van der Waals surface area contributed by atoms with Crippen molar-refractivity contribution >= 4 is 5.97 Å². The van der Waals surface area contributed by atoms with Gasteiger partial charge in [0.1, 0.15) is 5.92 Å². The zero-order chi connectivity index (χ0) is 17.3. The van der Waals surface area contributed by atoms with Gasteiger partial charge < -0.3 is 10.2 Å². The maximum Gasteiger partial charge on any atom is 0.314 e. The molecule has 0 rings (SSSR count). The molecule has 0 aliphatic rings. The molecule has 136 valence electrons. The first-order chi connectivity index (χ1) is 11.1. The summed E-state index contributed by atoms with van der Waals surface area (Å²) in [6.45, 7) is 5.59. The van der Waals surface area contributed by atoms with Gasteiger partial charge in [-0.25, -0.2) is 0 Å². The summed E-state index contributed by atoms with van der Waals surface area (Å²) in [6.07, 6.45) is 18.5. The number of aliphatic carboxylic acids is 1. The summed E-state index contributed by atoms with van der Waals surface area (Å²) in [5, 5.41) is 18.1. The first kappa shape index (κ1) is 22.0. The number of aliphatic hydroxyl groups is 1. The molecule has 0 heterocycles. The van der Waals surface area contributed by atoms with E-state index >= 15 is 0 Å². The number of unbranched alkanes of at least 4 members (excludes halogenated alkanes) is 13. The highest BCUT2D eigenvalue weighted by atomic mass is 16.4. The Morgan fingerprint density at radius 3 is 1.39 bits per heavy atom. The third-order valence-electron chi connectivity index (χ3n) is 4.55. The lowest BCUT2D eigenvalue weighted by Gasteiger charge is -2.10. The fraction of sp³-hybridized carbons (Fsp3) is 0.850. The van der Waals surface area contributed by atoms with Crippen LogP contribution in [0.15, 0.2) is 12.3 Å². The number of carbonyl (C=O) groups is 1. The number of aliphatic hydroxyl groups excluding tert-OH is 1. The van der Waals surface area contributed by atoms with Gasteiger partial charge in [-0.1, -0.05) is 103 Å². The highest BCUT2D eigenvalue weighted by Crippen LogP contribution is 2.18. The van der Waals surface area contributed by atoms with Crippen molar-refractivity contribution in [2.45, 2.75) is 103 Å². The lowest BCUT2D eigenvalue weighted by atomic mass is 9.98. The topological polar surface area (TPSA) is 57.5 Å². The monoisotopic (exact) mass is 326 g/mol. The highest BCUT2D eigenvalue weighted by molar-refractivity contribution is 5.72. The van der Waals surface area contributed by atoms with Gasteiger partial charge in [-0.05, 0) is 6.42 Å². The van der Waals surface area contributed by atoms with Gasteiger partial charge in [-0.2, -0.15) is 0 Å². The Balaban J connectivity index is 3.24. The molecule has 0 fully saturated rings. The van der Waals surface area contributed by atoms with E-state index in [1.165, 1.54) is 77.0 Å². The molecule has 0 aliphatic heterocycles. The predicted molar refractivity (Wildman–Crippen MR) is 97.8 cm³/mol. The molecule has 0 spiro atoms. The summed E-state index contributed by atoms with van der Waals surface area (Å²) < 4.78 is 0. The smallest absolute Gasteiger partial charge is 0.314 e. The maximum absolute atomic E-state index is 10.9. The quantitative estimate of drug-likeness (QED) is 0.233. The highest BCUT2D eigenvalue weighted by Gasteiger charge is 2.19. The van der Waals surface area contributed by atoms with Crippen molar-refractivity contribution in [1.82, 2.24) is 0 Å². The van der Waals surface area contributed by atoms with E-state index in [4.69, 9.17) is 5.11 Å². The Bertz CT molecular complexity index is 285. The van der Waals surface area contributed by atoms with Crippen molar-refractivity contribution in [3.63, 3.8) is 0 Å². The van der Waals surface area contributed by atoms with Crippen LogP contribution in [0.2, 0.25) is 0 Å². The van der Waals surface area contributed by atoms with Crippen LogP contribution in [-0.4, -0.2) is 16.2 Å². The first-order valence-electron chi connectivity index (χ1n) is 9.70. The fourth-order valence-electron chi connectivity index (χ4n) is 2.98. The standard InChI is InChI=1S/C20H38O3/c1-3-4-5-6-7-8-9-10-11-12-13-14-15-16-17-19(18(2)21)20(22)23/h19,21H,2-17H2,1H3,(H,22,23). The van der Waals surface area contributed by atoms with Crippen molar-refractivity contribution in [2.75, 3.05) is 0 Å². The lowest BCUT2D eigenvalue weighted by molar-refractivity contribution is -0.141. The van der Waals surface area contributed by atoms with Crippen LogP contribution < -0.4 is 0 Å². The predicted octanol–water partition coefficient (Wildman–Crippen LogP) is 6.63. The molecule has 2 N–H and O–H groups in total. The third kappa shape index (κ3) is 14.3. The molecule has 0 aromatic carbocycles. The van der Waals surface area contributed by atoms with Crippen LogP contribution in [0, 0.1) is 5.92 Å². The first-order valence-corrected chi connectivity index (χ1v) is 9.70. The summed E-state index contributed by atoms with van der Waals surface area (Å²) in [7, 11) is 0. The van der Waals surface area contributed by atoms with Crippen LogP contribution in [0.3, 0.4) is 0 Å². The van der Waals surface area contributed by atoms with Crippen LogP contribution >= 0.6 is 0 Å². The van der Waals surface area contributed by atoms with Crippen molar-refractivity contribution < 1.29 is 15.0 Å². The lowest BCUT2D eigenvalue weighted by Crippen LogP contribution is -2.15. The molecule has 3 heteroatoms. The zero-order valence-corrected chi connectivity index (χ0v) is 15.2. The Hall–Kier alpha value is -0.990. The van der Waals surface area contributed by atoms with Crippen LogP contribution in [0.1, 0.15) is 103 Å². The van der Waals surface area contributed by atoms with Gasteiger partial charge in [0.2, 0.25) is 0 Å². The van der Waals surface area contributed by atoms with E-state index in [9.17, 15) is 9.90 Å². The maximum atomic E-state index is 10.9. The zero-order valence-electron chi connectivity index (χ0n) is 15.2. The molecule has 1 unspecified atom stereocenters. The van der Waals surface area contributed by atoms with E-state index in [1.54, 1.807) is 0 Å². The van der Waals surface area contributed by atoms with E-state index in [-0.39, 0.29) is 5.76 Å². The van der Waals surface area contributed by atoms with E-state index in [2.05, 4.69) is 13.5 Å². The molecule has 3 nitrogen and oxygen atoms in total. The van der Waals surface area contributed by atoms with Crippen molar-refractivity contribution in [3.8, 4) is 0 Å². The number of carboxylic acids is 1. The van der Waals surface area contributed by atoms with Crippen LogP contribution in [0.4, 0.5) is 0 Å². The molecular weight excluding hydrogens is 288 g/mol. The molecule has 23 heavy (non-hydrogen) atoms. The minimum Gasteiger partial charge on any atom is -0.512 e. The summed E-state index contributed by atoms with van der Waals surface area (Å²) >= 11 is 0. The Kier molecular flexibility index (Phi) is 15.2. The van der Waals surface area contributed by atoms with Gasteiger partial charge in [-0.3, -0.25) is 4.79 Å². The third-order valence-corrected chi connectivity index (χ3v) is 4.55. The van der Waals surface area contributed by atoms with E-state index in [0.29, 0.717) is 6.42 Å². The number of hydrogen-bond acceptors (Lipinski definition) is 2. The van der Waals surface area contributed by atoms with Crippen LogP contribution in [-0.2, 0) is 4.79 Å². The van der Waals surface area contributed by atoms with Gasteiger partial charge in [-0.15, -0.1) is 0 Å². The van der Waals surface area contributed by atoms with Gasteiger partial charge >= 0.3 is 5.97 Å². The molecule has 0 radical (unpaired) electrons. The van der Waals surface area contributed by atoms with Gasteiger partial charge in [0, 0.05) is 0 Å². The summed E-state index contributed by atoms with van der Waals surface area (Å²) in [4.78, 5) is 10.9. The molecule has 0 aliphatic carbocycles. The van der Waals surface area contributed by atoms with E-state index in [1.807, 2.05) is 0 Å². The van der Waals surface area contributed by atoms with Gasteiger partial charge in [0.05, 0.1) is 5.76 Å². The summed E-state index contributed by atoms with van der Waals surface area (Å²) in [5.74, 6) is -1.97. The minimum absolute atomic E-state index is 0.216.